The molecule has 1 aliphatic carbocycles. The number of rotatable bonds is 9. The second-order valence-electron chi connectivity index (χ2n) is 8.22. The summed E-state index contributed by atoms with van der Waals surface area (Å²) in [5.74, 6) is 1.65. The molecular weight excluding hydrogens is 432 g/mol. The van der Waals surface area contributed by atoms with E-state index in [4.69, 9.17) is 4.74 Å². The van der Waals surface area contributed by atoms with Gasteiger partial charge in [-0.15, -0.1) is 16.8 Å². The lowest BCUT2D eigenvalue weighted by Gasteiger charge is -2.20. The molecule has 1 atom stereocenters. The first kappa shape index (κ1) is 23.1. The lowest BCUT2D eigenvalue weighted by molar-refractivity contribution is -0.119. The summed E-state index contributed by atoms with van der Waals surface area (Å²) < 4.78 is 7.44. The van der Waals surface area contributed by atoms with E-state index in [1.807, 2.05) is 35.8 Å². The first-order chi connectivity index (χ1) is 16.1. The van der Waals surface area contributed by atoms with Crippen LogP contribution in [0.3, 0.4) is 0 Å². The molecule has 3 aromatic rings. The highest BCUT2D eigenvalue weighted by Gasteiger charge is 2.19. The molecule has 172 valence electrons. The largest absolute Gasteiger partial charge is 0.496 e. The summed E-state index contributed by atoms with van der Waals surface area (Å²) in [6, 6.07) is 14.3. The molecule has 0 spiro atoms. The molecule has 0 radical (unpaired) electrons. The Hall–Kier alpha value is -3.06. The Morgan fingerprint density at radius 2 is 2.00 bits per heavy atom. The van der Waals surface area contributed by atoms with Crippen molar-refractivity contribution >= 4 is 17.7 Å². The zero-order chi connectivity index (χ0) is 23.2. The van der Waals surface area contributed by atoms with Gasteiger partial charge in [0.25, 0.3) is 0 Å². The molecule has 1 N–H and O–H groups in total. The molecule has 6 nitrogen and oxygen atoms in total. The highest BCUT2D eigenvalue weighted by atomic mass is 32.2. The van der Waals surface area contributed by atoms with Crippen LogP contribution in [0.15, 0.2) is 60.3 Å². The Kier molecular flexibility index (Phi) is 7.50. The minimum atomic E-state index is -0.0412. The molecule has 33 heavy (non-hydrogen) atoms. The number of fused-ring (bicyclic) bond motifs is 1. The minimum absolute atomic E-state index is 0.0304. The number of hydrogen-bond acceptors (Lipinski definition) is 5. The van der Waals surface area contributed by atoms with E-state index in [9.17, 15) is 4.79 Å². The number of ether oxygens (including phenoxy) is 1. The number of para-hydroxylation sites is 1. The first-order valence-corrected chi connectivity index (χ1v) is 12.3. The summed E-state index contributed by atoms with van der Waals surface area (Å²) in [4.78, 5) is 12.7. The summed E-state index contributed by atoms with van der Waals surface area (Å²) >= 11 is 1.37. The van der Waals surface area contributed by atoms with Gasteiger partial charge in [-0.25, -0.2) is 0 Å². The van der Waals surface area contributed by atoms with Crippen LogP contribution in [0.4, 0.5) is 0 Å². The van der Waals surface area contributed by atoms with Crippen LogP contribution < -0.4 is 10.1 Å². The summed E-state index contributed by atoms with van der Waals surface area (Å²) in [6.45, 7) is 6.43. The summed E-state index contributed by atoms with van der Waals surface area (Å²) in [7, 11) is 1.64. The van der Waals surface area contributed by atoms with Crippen molar-refractivity contribution in [2.24, 2.45) is 0 Å². The third kappa shape index (κ3) is 5.30. The van der Waals surface area contributed by atoms with Crippen LogP contribution >= 0.6 is 11.8 Å². The molecule has 2 aromatic carbocycles. The van der Waals surface area contributed by atoms with Crippen molar-refractivity contribution in [1.82, 2.24) is 20.1 Å². The number of aryl methyl sites for hydroxylation is 2. The number of allylic oxidation sites excluding steroid dienone is 1. The van der Waals surface area contributed by atoms with Gasteiger partial charge < -0.3 is 10.1 Å². The number of nitrogens with one attached hydrogen (secondary N) is 1. The third-order valence-corrected chi connectivity index (χ3v) is 6.93. The molecule has 1 amide bonds. The van der Waals surface area contributed by atoms with Crippen LogP contribution in [0.25, 0.3) is 11.4 Å². The van der Waals surface area contributed by atoms with Gasteiger partial charge in [-0.3, -0.25) is 9.36 Å². The number of amides is 1. The van der Waals surface area contributed by atoms with E-state index in [2.05, 4.69) is 40.3 Å². The van der Waals surface area contributed by atoms with E-state index < -0.39 is 0 Å². The van der Waals surface area contributed by atoms with E-state index in [-0.39, 0.29) is 17.7 Å². The SMILES string of the molecule is C=CCn1c(SCC(=O)N[C@H](C)c2ccc3c(c2)CCCC3)nnc1-c1ccccc1OC. The predicted octanol–water partition coefficient (Wildman–Crippen LogP) is 4.99. The summed E-state index contributed by atoms with van der Waals surface area (Å²) in [5, 5.41) is 12.5. The molecule has 1 aromatic heterocycles. The van der Waals surface area contributed by atoms with Crippen LogP contribution in [-0.4, -0.2) is 33.5 Å². The fraction of sp³-hybridized carbons (Fsp3) is 0.346. The van der Waals surface area contributed by atoms with Crippen molar-refractivity contribution in [3.63, 3.8) is 0 Å². The van der Waals surface area contributed by atoms with Gasteiger partial charge in [0.15, 0.2) is 11.0 Å². The van der Waals surface area contributed by atoms with Gasteiger partial charge in [0.05, 0.1) is 24.5 Å². The number of carbonyl (C=O) groups excluding carboxylic acids is 1. The molecule has 0 aliphatic heterocycles. The summed E-state index contributed by atoms with van der Waals surface area (Å²) in [6.07, 6.45) is 6.61. The second kappa shape index (κ2) is 10.7. The van der Waals surface area contributed by atoms with Crippen LogP contribution in [0.5, 0.6) is 5.75 Å². The Labute approximate surface area is 199 Å². The molecule has 1 aliphatic rings. The van der Waals surface area contributed by atoms with Crippen molar-refractivity contribution in [1.29, 1.82) is 0 Å². The zero-order valence-corrected chi connectivity index (χ0v) is 20.0. The molecule has 4 rings (SSSR count). The van der Waals surface area contributed by atoms with E-state index in [0.717, 1.165) is 29.7 Å². The van der Waals surface area contributed by atoms with Crippen molar-refractivity contribution in [3.8, 4) is 17.1 Å². The van der Waals surface area contributed by atoms with E-state index >= 15 is 0 Å². The van der Waals surface area contributed by atoms with E-state index in [1.54, 1.807) is 13.2 Å². The number of thioether (sulfide) groups is 1. The predicted molar refractivity (Wildman–Crippen MR) is 133 cm³/mol. The Morgan fingerprint density at radius 1 is 1.21 bits per heavy atom. The van der Waals surface area contributed by atoms with Crippen molar-refractivity contribution < 1.29 is 9.53 Å². The van der Waals surface area contributed by atoms with Gasteiger partial charge in [-0.05, 0) is 61.4 Å². The van der Waals surface area contributed by atoms with Crippen molar-refractivity contribution in [2.45, 2.75) is 50.4 Å². The standard InChI is InChI=1S/C26H30N4O2S/c1-4-15-30-25(22-11-7-8-12-23(22)32-3)28-29-26(30)33-17-24(31)27-18(2)20-14-13-19-9-5-6-10-21(19)16-20/h4,7-8,11-14,16,18H,1,5-6,9-10,15,17H2,2-3H3,(H,27,31)/t18-/m1/s1. The number of nitrogens with zero attached hydrogens (tertiary/aromatic N) is 3. The third-order valence-electron chi connectivity index (χ3n) is 5.96. The second-order valence-corrected chi connectivity index (χ2v) is 9.16. The number of benzene rings is 2. The average molecular weight is 463 g/mol. The summed E-state index contributed by atoms with van der Waals surface area (Å²) in [5.41, 5.74) is 4.89. The van der Waals surface area contributed by atoms with Crippen LogP contribution in [0.2, 0.25) is 0 Å². The van der Waals surface area contributed by atoms with Crippen LogP contribution in [-0.2, 0) is 24.2 Å². The maximum absolute atomic E-state index is 12.7. The average Bonchev–Trinajstić information content (AvgIpc) is 3.24. The quantitative estimate of drug-likeness (QED) is 0.358. The monoisotopic (exact) mass is 462 g/mol. The van der Waals surface area contributed by atoms with Crippen LogP contribution in [0, 0.1) is 0 Å². The van der Waals surface area contributed by atoms with Gasteiger partial charge in [0.1, 0.15) is 5.75 Å². The molecule has 0 saturated heterocycles. The number of carbonyl (C=O) groups is 1. The molecule has 1 heterocycles. The lowest BCUT2D eigenvalue weighted by Crippen LogP contribution is -2.28. The normalized spacial score (nSPS) is 13.8. The zero-order valence-electron chi connectivity index (χ0n) is 19.2. The first-order valence-electron chi connectivity index (χ1n) is 11.3. The molecule has 0 unspecified atom stereocenters. The Morgan fingerprint density at radius 3 is 2.79 bits per heavy atom. The van der Waals surface area contributed by atoms with Gasteiger partial charge in [0.2, 0.25) is 5.91 Å². The molecule has 0 saturated carbocycles. The number of hydrogen-bond donors (Lipinski definition) is 1. The highest BCUT2D eigenvalue weighted by molar-refractivity contribution is 7.99. The Balaban J connectivity index is 1.43. The van der Waals surface area contributed by atoms with Gasteiger partial charge in [-0.2, -0.15) is 0 Å². The van der Waals surface area contributed by atoms with Crippen molar-refractivity contribution in [3.05, 3.63) is 71.8 Å². The number of aromatic nitrogens is 3. The molecular formula is C26H30N4O2S. The maximum Gasteiger partial charge on any atom is 0.230 e. The maximum atomic E-state index is 12.7. The number of methoxy groups -OCH3 is 1. The molecule has 0 fully saturated rings. The van der Waals surface area contributed by atoms with Crippen LogP contribution in [0.1, 0.15) is 42.5 Å². The lowest BCUT2D eigenvalue weighted by atomic mass is 9.89. The molecule has 0 bridgehead atoms. The smallest absolute Gasteiger partial charge is 0.230 e. The van der Waals surface area contributed by atoms with E-state index in [0.29, 0.717) is 17.5 Å². The fourth-order valence-corrected chi connectivity index (χ4v) is 5.00. The van der Waals surface area contributed by atoms with Gasteiger partial charge in [-0.1, -0.05) is 48.2 Å². The van der Waals surface area contributed by atoms with Gasteiger partial charge >= 0.3 is 0 Å². The fourth-order valence-electron chi connectivity index (χ4n) is 4.24. The van der Waals surface area contributed by atoms with Gasteiger partial charge in [0, 0.05) is 6.54 Å². The van der Waals surface area contributed by atoms with Crippen molar-refractivity contribution in [2.75, 3.05) is 12.9 Å². The van der Waals surface area contributed by atoms with E-state index in [1.165, 1.54) is 35.7 Å². The molecule has 7 heteroatoms. The Bertz CT molecular complexity index is 1140. The highest BCUT2D eigenvalue weighted by Crippen LogP contribution is 2.31. The minimum Gasteiger partial charge on any atom is -0.496 e. The topological polar surface area (TPSA) is 69.0 Å².